The van der Waals surface area contributed by atoms with Crippen LogP contribution in [0.25, 0.3) is 0 Å². The molecule has 51 heavy (non-hydrogen) atoms. The van der Waals surface area contributed by atoms with Crippen molar-refractivity contribution in [1.82, 2.24) is 19.8 Å². The van der Waals surface area contributed by atoms with E-state index >= 15 is 0 Å². The number of allylic oxidation sites excluding steroid dienone is 2. The van der Waals surface area contributed by atoms with E-state index in [0.717, 1.165) is 19.3 Å². The molecule has 0 spiro atoms. The average Bonchev–Trinajstić information content (AvgIpc) is 3.93. The Bertz CT molecular complexity index is 1720. The predicted octanol–water partition coefficient (Wildman–Crippen LogP) is 4.54. The Morgan fingerprint density at radius 3 is 2.55 bits per heavy atom. The lowest BCUT2D eigenvalue weighted by atomic mass is 9.91. The molecule has 3 fully saturated rings. The molecule has 0 radical (unpaired) electrons. The number of carbonyl (C=O) groups excluding carboxylic acids is 5. The molecule has 2 saturated carbocycles. The molecule has 1 saturated heterocycles. The molecule has 278 valence electrons. The maximum absolute atomic E-state index is 14.4. The van der Waals surface area contributed by atoms with Gasteiger partial charge in [-0.1, -0.05) is 37.1 Å². The Labute approximate surface area is 299 Å². The normalized spacial score (nSPS) is 30.0. The van der Waals surface area contributed by atoms with E-state index in [4.69, 9.17) is 9.47 Å². The topological polar surface area (TPSA) is 151 Å². The molecule has 0 aromatic heterocycles. The highest BCUT2D eigenvalue weighted by Gasteiger charge is 2.61. The molecule has 6 atom stereocenters. The summed E-state index contributed by atoms with van der Waals surface area (Å²) in [6.45, 7) is 5.23. The quantitative estimate of drug-likeness (QED) is 0.332. The smallest absolute Gasteiger partial charge is 0.410 e. The van der Waals surface area contributed by atoms with Crippen molar-refractivity contribution in [2.45, 2.75) is 127 Å². The molecule has 1 unspecified atom stereocenters. The Morgan fingerprint density at radius 2 is 1.84 bits per heavy atom. The van der Waals surface area contributed by atoms with Gasteiger partial charge in [0.15, 0.2) is 5.78 Å². The maximum atomic E-state index is 14.4. The van der Waals surface area contributed by atoms with Crippen LogP contribution < -0.4 is 10.0 Å². The van der Waals surface area contributed by atoms with Gasteiger partial charge < -0.3 is 19.7 Å². The van der Waals surface area contributed by atoms with Gasteiger partial charge in [-0.3, -0.25) is 24.0 Å². The highest BCUT2D eigenvalue weighted by atomic mass is 32.2. The number of amides is 4. The first-order valence-corrected chi connectivity index (χ1v) is 19.7. The van der Waals surface area contributed by atoms with Crippen molar-refractivity contribution in [1.29, 1.82) is 0 Å². The van der Waals surface area contributed by atoms with Gasteiger partial charge in [-0.25, -0.2) is 18.2 Å². The zero-order chi connectivity index (χ0) is 36.7. The summed E-state index contributed by atoms with van der Waals surface area (Å²) in [7, 11) is -2.88. The summed E-state index contributed by atoms with van der Waals surface area (Å²) in [4.78, 5) is 71.5. The molecule has 2 aliphatic carbocycles. The number of carbonyl (C=O) groups is 5. The molecule has 12 nitrogen and oxygen atoms in total. The summed E-state index contributed by atoms with van der Waals surface area (Å²) in [5.74, 6) is 1.75. The SMILES string of the molecule is C=S(=O)(NC(=O)[C@]12CC(=O)[C@@H]3C[C@@H](OC(=O)N4Cc5cccc(F)c5C4)CN3C(=O)[C@@H](NC(=O)OC(C)(C)C)CCCCC/C=C\[C@@H]1C2)C1CC1. The minimum absolute atomic E-state index is 0.0169. The number of Topliss-reactive ketones (excluding diaryl/α,β-unsaturated/α-hetero) is 1. The number of nitrogens with one attached hydrogen (secondary N) is 2. The first kappa shape index (κ1) is 36.8. The van der Waals surface area contributed by atoms with Crippen LogP contribution in [0.2, 0.25) is 0 Å². The van der Waals surface area contributed by atoms with Gasteiger partial charge in [-0.05, 0) is 82.7 Å². The lowest BCUT2D eigenvalue weighted by molar-refractivity contribution is -0.140. The first-order valence-electron chi connectivity index (χ1n) is 18.0. The highest BCUT2D eigenvalue weighted by molar-refractivity contribution is 7.99. The van der Waals surface area contributed by atoms with Gasteiger partial charge in [-0.2, -0.15) is 0 Å². The van der Waals surface area contributed by atoms with Gasteiger partial charge >= 0.3 is 12.2 Å². The molecule has 2 N–H and O–H groups in total. The van der Waals surface area contributed by atoms with Crippen LogP contribution in [0, 0.1) is 17.2 Å². The van der Waals surface area contributed by atoms with Gasteiger partial charge in [0, 0.05) is 30.2 Å². The maximum Gasteiger partial charge on any atom is 0.410 e. The largest absolute Gasteiger partial charge is 0.444 e. The minimum Gasteiger partial charge on any atom is -0.444 e. The summed E-state index contributed by atoms with van der Waals surface area (Å²) in [5, 5.41) is 2.53. The number of hydrogen-bond acceptors (Lipinski definition) is 8. The summed E-state index contributed by atoms with van der Waals surface area (Å²) in [6.07, 6.45) is 6.46. The Balaban J connectivity index is 1.25. The van der Waals surface area contributed by atoms with E-state index in [0.29, 0.717) is 43.2 Å². The number of rotatable bonds is 5. The molecule has 1 aromatic rings. The molecule has 14 heteroatoms. The number of ketones is 1. The molecule has 4 amide bonds. The van der Waals surface area contributed by atoms with Gasteiger partial charge in [0.25, 0.3) is 0 Å². The van der Waals surface area contributed by atoms with Gasteiger partial charge in [0.05, 0.1) is 34.3 Å². The Kier molecular flexibility index (Phi) is 10.3. The molecular formula is C37H49FN4O8S. The summed E-state index contributed by atoms with van der Waals surface area (Å²) >= 11 is 0. The van der Waals surface area contributed by atoms with Crippen molar-refractivity contribution < 1.29 is 42.0 Å². The van der Waals surface area contributed by atoms with Crippen LogP contribution in [-0.2, 0) is 46.7 Å². The molecule has 3 heterocycles. The third kappa shape index (κ3) is 8.42. The molecule has 0 bridgehead atoms. The van der Waals surface area contributed by atoms with Crippen LogP contribution in [-0.4, -0.2) is 85.2 Å². The van der Waals surface area contributed by atoms with Crippen LogP contribution in [0.5, 0.6) is 0 Å². The Hall–Kier alpha value is -3.94. The van der Waals surface area contributed by atoms with Crippen LogP contribution in [0.4, 0.5) is 14.0 Å². The number of benzene rings is 1. The van der Waals surface area contributed by atoms with E-state index in [1.807, 2.05) is 12.2 Å². The van der Waals surface area contributed by atoms with Crippen LogP contribution in [0.1, 0.15) is 96.1 Å². The summed E-state index contributed by atoms with van der Waals surface area (Å²) < 4.78 is 41.6. The van der Waals surface area contributed by atoms with Crippen molar-refractivity contribution in [2.24, 2.45) is 11.3 Å². The van der Waals surface area contributed by atoms with E-state index in [1.165, 1.54) is 15.9 Å². The fourth-order valence-corrected chi connectivity index (χ4v) is 9.05. The summed E-state index contributed by atoms with van der Waals surface area (Å²) in [6, 6.07) is 2.60. The monoisotopic (exact) mass is 728 g/mol. The minimum atomic E-state index is -2.88. The van der Waals surface area contributed by atoms with Crippen LogP contribution in [0.3, 0.4) is 0 Å². The van der Waals surface area contributed by atoms with Crippen molar-refractivity contribution >= 4 is 45.4 Å². The summed E-state index contributed by atoms with van der Waals surface area (Å²) in [5.41, 5.74) is -0.863. The third-order valence-corrected chi connectivity index (χ3v) is 12.6. The second kappa shape index (κ2) is 14.2. The second-order valence-electron chi connectivity index (χ2n) is 15.7. The number of halogens is 1. The lowest BCUT2D eigenvalue weighted by Crippen LogP contribution is -2.53. The van der Waals surface area contributed by atoms with Crippen LogP contribution >= 0.6 is 0 Å². The number of fused-ring (bicyclic) bond motifs is 3. The fraction of sp³-hybridized carbons (Fsp3) is 0.622. The van der Waals surface area contributed by atoms with Crippen molar-refractivity contribution in [2.75, 3.05) is 6.54 Å². The number of hydrogen-bond donors (Lipinski definition) is 2. The van der Waals surface area contributed by atoms with E-state index in [1.54, 1.807) is 32.9 Å². The van der Waals surface area contributed by atoms with Crippen molar-refractivity contribution in [3.05, 3.63) is 47.3 Å². The van der Waals surface area contributed by atoms with Gasteiger partial charge in [-0.15, -0.1) is 0 Å². The highest BCUT2D eigenvalue weighted by Crippen LogP contribution is 2.57. The fourth-order valence-electron chi connectivity index (χ4n) is 7.46. The van der Waals surface area contributed by atoms with E-state index < -0.39 is 74.5 Å². The standard InChI is InChI=1S/C37H49FN4O8S/c1-36(2,3)50-34(46)39-29-14-9-7-5-6-8-12-24-18-37(24,33(45)40-51(4,48)26-15-16-26)19-31(43)30-17-25(21-42(30)32(29)44)49-35(47)41-20-23-11-10-13-28(38)27(23)22-41/h8,10-13,24-26,29-30H,4-7,9,14-22H2,1-3H3,(H,39,46)(H,40,45,48)/b12-8-/t24-,25-,29+,30+,37-,51?/m1/s1. The van der Waals surface area contributed by atoms with Crippen molar-refractivity contribution in [3.8, 4) is 0 Å². The van der Waals surface area contributed by atoms with Gasteiger partial charge in [0.2, 0.25) is 11.8 Å². The number of alkyl carbamates (subject to hydrolysis) is 1. The van der Waals surface area contributed by atoms with Crippen LogP contribution in [0.15, 0.2) is 30.4 Å². The average molecular weight is 729 g/mol. The van der Waals surface area contributed by atoms with E-state index in [2.05, 4.69) is 15.9 Å². The third-order valence-electron chi connectivity index (χ3n) is 10.5. The number of nitrogens with zero attached hydrogens (tertiary/aromatic N) is 2. The van der Waals surface area contributed by atoms with Gasteiger partial charge in [0.1, 0.15) is 23.6 Å². The molecular weight excluding hydrogens is 679 g/mol. The second-order valence-corrected chi connectivity index (χ2v) is 18.0. The Morgan fingerprint density at radius 1 is 1.08 bits per heavy atom. The zero-order valence-electron chi connectivity index (χ0n) is 29.6. The zero-order valence-corrected chi connectivity index (χ0v) is 30.4. The first-order chi connectivity index (χ1) is 24.1. The lowest BCUT2D eigenvalue weighted by Gasteiger charge is -2.30. The molecule has 6 rings (SSSR count). The number of ether oxygens (including phenoxy) is 2. The molecule has 1 aromatic carbocycles. The molecule has 3 aliphatic heterocycles. The van der Waals surface area contributed by atoms with Crippen molar-refractivity contribution in [3.63, 3.8) is 0 Å². The molecule has 5 aliphatic rings. The van der Waals surface area contributed by atoms with E-state index in [-0.39, 0.29) is 43.6 Å². The van der Waals surface area contributed by atoms with E-state index in [9.17, 15) is 32.6 Å². The predicted molar refractivity (Wildman–Crippen MR) is 188 cm³/mol.